The third-order valence-corrected chi connectivity index (χ3v) is 4.95. The van der Waals surface area contributed by atoms with E-state index < -0.39 is 0 Å². The van der Waals surface area contributed by atoms with E-state index in [9.17, 15) is 9.59 Å². The SMILES string of the molecule is CCCn1c(SCC(=O)N[C@@H](C)c2ccccc2Br)n[nH]c1=O. The molecule has 2 N–H and O–H groups in total. The Morgan fingerprint density at radius 1 is 1.48 bits per heavy atom. The van der Waals surface area contributed by atoms with E-state index in [1.165, 1.54) is 11.8 Å². The van der Waals surface area contributed by atoms with Gasteiger partial charge in [0.25, 0.3) is 0 Å². The van der Waals surface area contributed by atoms with Gasteiger partial charge in [-0.25, -0.2) is 9.89 Å². The highest BCUT2D eigenvalue weighted by Crippen LogP contribution is 2.23. The zero-order chi connectivity index (χ0) is 16.8. The van der Waals surface area contributed by atoms with E-state index in [0.29, 0.717) is 11.7 Å². The Balaban J connectivity index is 1.93. The van der Waals surface area contributed by atoms with Crippen LogP contribution in [0.4, 0.5) is 0 Å². The topological polar surface area (TPSA) is 79.8 Å². The molecule has 2 aromatic rings. The Hall–Kier alpha value is -1.54. The zero-order valence-electron chi connectivity index (χ0n) is 13.0. The van der Waals surface area contributed by atoms with Crippen LogP contribution in [0, 0.1) is 0 Å². The highest BCUT2D eigenvalue weighted by molar-refractivity contribution is 9.10. The van der Waals surface area contributed by atoms with Gasteiger partial charge in [0.15, 0.2) is 5.16 Å². The van der Waals surface area contributed by atoms with Gasteiger partial charge >= 0.3 is 5.69 Å². The number of rotatable bonds is 7. The molecule has 1 amide bonds. The fourth-order valence-electron chi connectivity index (χ4n) is 2.15. The number of nitrogens with one attached hydrogen (secondary N) is 2. The molecule has 0 spiro atoms. The number of thioether (sulfide) groups is 1. The van der Waals surface area contributed by atoms with Crippen LogP contribution in [0.3, 0.4) is 0 Å². The van der Waals surface area contributed by atoms with Gasteiger partial charge in [0.1, 0.15) is 0 Å². The van der Waals surface area contributed by atoms with Crippen LogP contribution in [0.1, 0.15) is 31.9 Å². The van der Waals surface area contributed by atoms with Crippen molar-refractivity contribution >= 4 is 33.6 Å². The van der Waals surface area contributed by atoms with Crippen molar-refractivity contribution in [3.8, 4) is 0 Å². The van der Waals surface area contributed by atoms with Crippen molar-refractivity contribution in [3.63, 3.8) is 0 Å². The van der Waals surface area contributed by atoms with Crippen molar-refractivity contribution in [2.75, 3.05) is 5.75 Å². The first kappa shape index (κ1) is 17.8. The van der Waals surface area contributed by atoms with Gasteiger partial charge in [0.2, 0.25) is 5.91 Å². The van der Waals surface area contributed by atoms with E-state index in [1.54, 1.807) is 4.57 Å². The van der Waals surface area contributed by atoms with E-state index in [4.69, 9.17) is 0 Å². The van der Waals surface area contributed by atoms with Crippen molar-refractivity contribution < 1.29 is 4.79 Å². The number of benzene rings is 1. The number of halogens is 1. The van der Waals surface area contributed by atoms with E-state index >= 15 is 0 Å². The second kappa shape index (κ2) is 8.35. The third-order valence-electron chi connectivity index (χ3n) is 3.25. The molecule has 0 radical (unpaired) electrons. The number of aromatic nitrogens is 3. The maximum atomic E-state index is 12.1. The molecule has 2 rings (SSSR count). The maximum absolute atomic E-state index is 12.1. The molecule has 1 aromatic carbocycles. The van der Waals surface area contributed by atoms with Gasteiger partial charge in [-0.15, -0.1) is 5.10 Å². The predicted molar refractivity (Wildman–Crippen MR) is 94.6 cm³/mol. The van der Waals surface area contributed by atoms with Crippen molar-refractivity contribution in [2.24, 2.45) is 0 Å². The number of carbonyl (C=O) groups excluding carboxylic acids is 1. The Kier molecular flexibility index (Phi) is 6.47. The van der Waals surface area contributed by atoms with Crippen LogP contribution in [0.5, 0.6) is 0 Å². The molecule has 1 aromatic heterocycles. The first-order valence-electron chi connectivity index (χ1n) is 7.34. The Morgan fingerprint density at radius 2 is 2.22 bits per heavy atom. The van der Waals surface area contributed by atoms with Crippen molar-refractivity contribution in [3.05, 3.63) is 44.8 Å². The number of hydrogen-bond donors (Lipinski definition) is 2. The lowest BCUT2D eigenvalue weighted by Crippen LogP contribution is -2.28. The van der Waals surface area contributed by atoms with Crippen molar-refractivity contribution in [2.45, 2.75) is 38.0 Å². The van der Waals surface area contributed by atoms with Gasteiger partial charge in [-0.2, -0.15) is 0 Å². The fraction of sp³-hybridized carbons (Fsp3) is 0.400. The average Bonchev–Trinajstić information content (AvgIpc) is 2.87. The molecule has 0 saturated carbocycles. The van der Waals surface area contributed by atoms with Crippen LogP contribution in [-0.4, -0.2) is 26.4 Å². The molecule has 23 heavy (non-hydrogen) atoms. The molecule has 1 atom stereocenters. The number of nitrogens with zero attached hydrogens (tertiary/aromatic N) is 2. The summed E-state index contributed by atoms with van der Waals surface area (Å²) in [6.45, 7) is 4.51. The lowest BCUT2D eigenvalue weighted by Gasteiger charge is -2.15. The van der Waals surface area contributed by atoms with Gasteiger partial charge in [0.05, 0.1) is 11.8 Å². The lowest BCUT2D eigenvalue weighted by atomic mass is 10.1. The fourth-order valence-corrected chi connectivity index (χ4v) is 3.56. The molecule has 0 aliphatic carbocycles. The van der Waals surface area contributed by atoms with Crippen LogP contribution in [0.2, 0.25) is 0 Å². The summed E-state index contributed by atoms with van der Waals surface area (Å²) < 4.78 is 2.51. The van der Waals surface area contributed by atoms with Gasteiger partial charge in [0, 0.05) is 11.0 Å². The Labute approximate surface area is 147 Å². The normalized spacial score (nSPS) is 12.1. The molecule has 1 heterocycles. The van der Waals surface area contributed by atoms with Crippen LogP contribution < -0.4 is 11.0 Å². The number of hydrogen-bond acceptors (Lipinski definition) is 4. The summed E-state index contributed by atoms with van der Waals surface area (Å²) >= 11 is 4.74. The molecule has 0 unspecified atom stereocenters. The van der Waals surface area contributed by atoms with Crippen molar-refractivity contribution in [1.29, 1.82) is 0 Å². The second-order valence-corrected chi connectivity index (χ2v) is 6.86. The summed E-state index contributed by atoms with van der Waals surface area (Å²) in [5, 5.41) is 9.87. The van der Waals surface area contributed by atoms with Crippen LogP contribution >= 0.6 is 27.7 Å². The highest BCUT2D eigenvalue weighted by Gasteiger charge is 2.14. The molecule has 124 valence electrons. The third kappa shape index (κ3) is 4.71. The van der Waals surface area contributed by atoms with Crippen LogP contribution in [0.25, 0.3) is 0 Å². The zero-order valence-corrected chi connectivity index (χ0v) is 15.4. The number of carbonyl (C=O) groups is 1. The standard InChI is InChI=1S/C15H19BrN4O2S/c1-3-8-20-14(22)18-19-15(20)23-9-13(21)17-10(2)11-6-4-5-7-12(11)16/h4-7,10H,3,8-9H2,1-2H3,(H,17,21)(H,18,22)/t10-/m0/s1. The van der Waals surface area contributed by atoms with Gasteiger partial charge in [-0.05, 0) is 25.0 Å². The highest BCUT2D eigenvalue weighted by atomic mass is 79.9. The van der Waals surface area contributed by atoms with E-state index in [2.05, 4.69) is 31.4 Å². The Bertz CT molecular complexity index is 728. The first-order valence-corrected chi connectivity index (χ1v) is 9.12. The molecule has 8 heteroatoms. The van der Waals surface area contributed by atoms with Crippen LogP contribution in [0.15, 0.2) is 38.7 Å². The second-order valence-electron chi connectivity index (χ2n) is 5.06. The molecule has 0 saturated heterocycles. The number of H-pyrrole nitrogens is 1. The quantitative estimate of drug-likeness (QED) is 0.702. The molecule has 6 nitrogen and oxygen atoms in total. The minimum Gasteiger partial charge on any atom is -0.349 e. The number of aromatic amines is 1. The molecule has 0 bridgehead atoms. The molecule has 0 aliphatic rings. The summed E-state index contributed by atoms with van der Waals surface area (Å²) in [6.07, 6.45) is 0.832. The molecular weight excluding hydrogens is 380 g/mol. The lowest BCUT2D eigenvalue weighted by molar-refractivity contribution is -0.119. The summed E-state index contributed by atoms with van der Waals surface area (Å²) in [5.41, 5.74) is 0.782. The van der Waals surface area contributed by atoms with Gasteiger partial charge in [-0.1, -0.05) is 52.8 Å². The molecular formula is C15H19BrN4O2S. The van der Waals surface area contributed by atoms with Crippen molar-refractivity contribution in [1.82, 2.24) is 20.1 Å². The Morgan fingerprint density at radius 3 is 2.91 bits per heavy atom. The van der Waals surface area contributed by atoms with E-state index in [-0.39, 0.29) is 23.4 Å². The largest absolute Gasteiger partial charge is 0.349 e. The maximum Gasteiger partial charge on any atom is 0.343 e. The summed E-state index contributed by atoms with van der Waals surface area (Å²) in [6, 6.07) is 7.68. The smallest absolute Gasteiger partial charge is 0.343 e. The first-order chi connectivity index (χ1) is 11.0. The van der Waals surface area contributed by atoms with Gasteiger partial charge in [-0.3, -0.25) is 9.36 Å². The summed E-state index contributed by atoms with van der Waals surface area (Å²) in [4.78, 5) is 23.7. The minimum absolute atomic E-state index is 0.100. The predicted octanol–water partition coefficient (Wildman–Crippen LogP) is 2.71. The summed E-state index contributed by atoms with van der Waals surface area (Å²) in [5.74, 6) is 0.111. The number of amides is 1. The monoisotopic (exact) mass is 398 g/mol. The minimum atomic E-state index is -0.239. The van der Waals surface area contributed by atoms with Gasteiger partial charge < -0.3 is 5.32 Å². The van der Waals surface area contributed by atoms with Crippen LogP contribution in [-0.2, 0) is 11.3 Å². The molecule has 0 fully saturated rings. The van der Waals surface area contributed by atoms with E-state index in [1.807, 2.05) is 38.1 Å². The molecule has 0 aliphatic heterocycles. The van der Waals surface area contributed by atoms with E-state index in [0.717, 1.165) is 16.5 Å². The average molecular weight is 399 g/mol. The summed E-state index contributed by atoms with van der Waals surface area (Å²) in [7, 11) is 0.